The first kappa shape index (κ1) is 21.4. The molecule has 3 N–H and O–H groups in total. The van der Waals surface area contributed by atoms with Crippen LogP contribution < -0.4 is 10.7 Å². The number of carbonyl (C=O) groups excluding carboxylic acids is 2. The van der Waals surface area contributed by atoms with Gasteiger partial charge >= 0.3 is 0 Å². The van der Waals surface area contributed by atoms with E-state index in [2.05, 4.69) is 5.32 Å². The van der Waals surface area contributed by atoms with Gasteiger partial charge in [0.15, 0.2) is 11.4 Å². The summed E-state index contributed by atoms with van der Waals surface area (Å²) in [6, 6.07) is 2.90. The molecule has 0 aliphatic carbocycles. The van der Waals surface area contributed by atoms with E-state index in [1.54, 1.807) is 0 Å². The van der Waals surface area contributed by atoms with E-state index < -0.39 is 34.6 Å². The molecule has 0 saturated heterocycles. The predicted octanol–water partition coefficient (Wildman–Crippen LogP) is 0.990. The minimum absolute atomic E-state index is 0.00359. The van der Waals surface area contributed by atoms with E-state index in [1.165, 1.54) is 21.7 Å². The SMILES string of the molecule is O=C(NCc1ccc(F)cc1F)c1cn2c(c(O)c1=O)C(=O)N(CCCCO)CC2. The zero-order valence-corrected chi connectivity index (χ0v) is 16.0. The molecule has 160 valence electrons. The molecule has 8 nitrogen and oxygen atoms in total. The van der Waals surface area contributed by atoms with Crippen molar-refractivity contribution in [3.05, 3.63) is 63.1 Å². The number of amides is 2. The molecule has 1 aromatic heterocycles. The fraction of sp³-hybridized carbons (Fsp3) is 0.350. The highest BCUT2D eigenvalue weighted by molar-refractivity contribution is 5.99. The average Bonchev–Trinajstić information content (AvgIpc) is 2.71. The lowest BCUT2D eigenvalue weighted by atomic mass is 10.1. The Labute approximate surface area is 170 Å². The van der Waals surface area contributed by atoms with E-state index in [1.807, 2.05) is 0 Å². The average molecular weight is 421 g/mol. The predicted molar refractivity (Wildman–Crippen MR) is 102 cm³/mol. The molecule has 1 aromatic carbocycles. The van der Waals surface area contributed by atoms with E-state index >= 15 is 0 Å². The van der Waals surface area contributed by atoms with Crippen molar-refractivity contribution in [2.45, 2.75) is 25.9 Å². The van der Waals surface area contributed by atoms with Crippen LogP contribution in [0.15, 0.2) is 29.2 Å². The maximum Gasteiger partial charge on any atom is 0.274 e. The highest BCUT2D eigenvalue weighted by atomic mass is 19.1. The molecule has 10 heteroatoms. The lowest BCUT2D eigenvalue weighted by molar-refractivity contribution is 0.0689. The van der Waals surface area contributed by atoms with E-state index in [0.717, 1.165) is 6.07 Å². The normalized spacial score (nSPS) is 13.3. The van der Waals surface area contributed by atoms with Crippen molar-refractivity contribution in [1.82, 2.24) is 14.8 Å². The second-order valence-electron chi connectivity index (χ2n) is 6.90. The first-order valence-electron chi connectivity index (χ1n) is 9.42. The Hall–Kier alpha value is -3.27. The van der Waals surface area contributed by atoms with Gasteiger partial charge < -0.3 is 25.0 Å². The number of aromatic hydroxyl groups is 1. The van der Waals surface area contributed by atoms with Gasteiger partial charge in [0.25, 0.3) is 11.8 Å². The Balaban J connectivity index is 1.79. The Morgan fingerprint density at radius 2 is 1.93 bits per heavy atom. The molecule has 0 spiro atoms. The number of carbonyl (C=O) groups is 2. The second-order valence-corrected chi connectivity index (χ2v) is 6.90. The van der Waals surface area contributed by atoms with E-state index in [-0.39, 0.29) is 36.5 Å². The van der Waals surface area contributed by atoms with Gasteiger partial charge in [-0.25, -0.2) is 8.78 Å². The van der Waals surface area contributed by atoms with Gasteiger partial charge in [-0.15, -0.1) is 0 Å². The van der Waals surface area contributed by atoms with Crippen LogP contribution in [0.4, 0.5) is 8.78 Å². The second kappa shape index (κ2) is 9.04. The number of nitrogens with one attached hydrogen (secondary N) is 1. The maximum atomic E-state index is 13.7. The summed E-state index contributed by atoms with van der Waals surface area (Å²) >= 11 is 0. The van der Waals surface area contributed by atoms with Crippen LogP contribution in [0.1, 0.15) is 39.3 Å². The van der Waals surface area contributed by atoms with Gasteiger partial charge in [0.1, 0.15) is 17.2 Å². The zero-order chi connectivity index (χ0) is 21.8. The monoisotopic (exact) mass is 421 g/mol. The number of hydrogen-bond donors (Lipinski definition) is 3. The first-order chi connectivity index (χ1) is 14.3. The van der Waals surface area contributed by atoms with Gasteiger partial charge in [-0.3, -0.25) is 14.4 Å². The van der Waals surface area contributed by atoms with Crippen molar-refractivity contribution in [3.63, 3.8) is 0 Å². The fourth-order valence-electron chi connectivity index (χ4n) is 3.26. The molecule has 0 saturated carbocycles. The Kier molecular flexibility index (Phi) is 6.46. The minimum atomic E-state index is -1.01. The third kappa shape index (κ3) is 4.33. The summed E-state index contributed by atoms with van der Waals surface area (Å²) in [6.07, 6.45) is 2.29. The van der Waals surface area contributed by atoms with Crippen molar-refractivity contribution in [2.75, 3.05) is 19.7 Å². The summed E-state index contributed by atoms with van der Waals surface area (Å²) in [4.78, 5) is 39.0. The molecular formula is C20H21F2N3O5. The topological polar surface area (TPSA) is 112 Å². The van der Waals surface area contributed by atoms with Gasteiger partial charge in [-0.1, -0.05) is 6.07 Å². The summed E-state index contributed by atoms with van der Waals surface area (Å²) in [5.41, 5.74) is -1.57. The maximum absolute atomic E-state index is 13.7. The van der Waals surface area contributed by atoms with Crippen LogP contribution in [0, 0.1) is 11.6 Å². The zero-order valence-electron chi connectivity index (χ0n) is 16.0. The lowest BCUT2D eigenvalue weighted by Gasteiger charge is -2.30. The number of fused-ring (bicyclic) bond motifs is 1. The molecule has 0 unspecified atom stereocenters. The summed E-state index contributed by atoms with van der Waals surface area (Å²) in [6.45, 7) is 0.676. The Morgan fingerprint density at radius 1 is 1.17 bits per heavy atom. The highest BCUT2D eigenvalue weighted by Crippen LogP contribution is 2.21. The summed E-state index contributed by atoms with van der Waals surface area (Å²) in [5.74, 6) is -3.81. The number of rotatable bonds is 7. The molecule has 2 amide bonds. The van der Waals surface area contributed by atoms with Gasteiger partial charge in [-0.05, 0) is 18.9 Å². The van der Waals surface area contributed by atoms with Crippen LogP contribution >= 0.6 is 0 Å². The van der Waals surface area contributed by atoms with Gasteiger partial charge in [0, 0.05) is 50.6 Å². The van der Waals surface area contributed by atoms with Crippen LogP contribution in [0.2, 0.25) is 0 Å². The number of aliphatic hydroxyl groups is 1. The molecule has 1 aliphatic rings. The summed E-state index contributed by atoms with van der Waals surface area (Å²) < 4.78 is 28.0. The molecule has 2 heterocycles. The fourth-order valence-corrected chi connectivity index (χ4v) is 3.26. The number of benzene rings is 1. The van der Waals surface area contributed by atoms with E-state index in [4.69, 9.17) is 5.11 Å². The standard InChI is InChI=1S/C20H21F2N3O5/c21-13-4-3-12(15(22)9-13)10-23-19(29)14-11-25-7-6-24(5-1-2-8-26)20(30)16(25)18(28)17(14)27/h3-4,9,11,26,28H,1-2,5-8,10H2,(H,23,29). The van der Waals surface area contributed by atoms with Crippen molar-refractivity contribution < 1.29 is 28.6 Å². The number of aliphatic hydroxyl groups excluding tert-OH is 1. The van der Waals surface area contributed by atoms with E-state index in [9.17, 15) is 28.3 Å². The molecule has 0 fully saturated rings. The van der Waals surface area contributed by atoms with Crippen molar-refractivity contribution >= 4 is 11.8 Å². The first-order valence-corrected chi connectivity index (χ1v) is 9.42. The number of unbranched alkanes of at least 4 members (excludes halogenated alkanes) is 1. The van der Waals surface area contributed by atoms with Crippen LogP contribution in [0.25, 0.3) is 0 Å². The molecule has 3 rings (SSSR count). The molecule has 0 bridgehead atoms. The van der Waals surface area contributed by atoms with Crippen LogP contribution in [-0.4, -0.2) is 51.2 Å². The van der Waals surface area contributed by atoms with Gasteiger partial charge in [0.2, 0.25) is 5.43 Å². The number of aromatic nitrogens is 1. The molecule has 0 atom stereocenters. The number of nitrogens with zero attached hydrogens (tertiary/aromatic N) is 2. The summed E-state index contributed by atoms with van der Waals surface area (Å²) in [7, 11) is 0. The number of hydrogen-bond acceptors (Lipinski definition) is 5. The van der Waals surface area contributed by atoms with Gasteiger partial charge in [-0.2, -0.15) is 0 Å². The van der Waals surface area contributed by atoms with Crippen molar-refractivity contribution in [1.29, 1.82) is 0 Å². The largest absolute Gasteiger partial charge is 0.503 e. The van der Waals surface area contributed by atoms with E-state index in [0.29, 0.717) is 32.0 Å². The Morgan fingerprint density at radius 3 is 2.63 bits per heavy atom. The van der Waals surface area contributed by atoms with Crippen LogP contribution in [0.5, 0.6) is 5.75 Å². The Bertz CT molecular complexity index is 1040. The smallest absolute Gasteiger partial charge is 0.274 e. The highest BCUT2D eigenvalue weighted by Gasteiger charge is 2.30. The quantitative estimate of drug-likeness (QED) is 0.578. The number of halogens is 2. The molecule has 30 heavy (non-hydrogen) atoms. The van der Waals surface area contributed by atoms with Gasteiger partial charge in [0.05, 0.1) is 0 Å². The molecule has 2 aromatic rings. The van der Waals surface area contributed by atoms with Crippen molar-refractivity contribution in [3.8, 4) is 5.75 Å². The third-order valence-electron chi connectivity index (χ3n) is 4.89. The third-order valence-corrected chi connectivity index (χ3v) is 4.89. The van der Waals surface area contributed by atoms with Crippen LogP contribution in [-0.2, 0) is 13.1 Å². The molecule has 1 aliphatic heterocycles. The van der Waals surface area contributed by atoms with Crippen molar-refractivity contribution in [2.24, 2.45) is 0 Å². The number of pyridine rings is 1. The molecular weight excluding hydrogens is 400 g/mol. The minimum Gasteiger partial charge on any atom is -0.503 e. The lowest BCUT2D eigenvalue weighted by Crippen LogP contribution is -2.43. The summed E-state index contributed by atoms with van der Waals surface area (Å²) in [5, 5.41) is 21.5. The molecule has 0 radical (unpaired) electrons. The van der Waals surface area contributed by atoms with Crippen LogP contribution in [0.3, 0.4) is 0 Å².